The largest absolute Gasteiger partial charge is 0.481 e. The molecule has 26 nitrogen and oxygen atoms in total. The Morgan fingerprint density at radius 3 is 2.06 bits per heavy atom. The Balaban J connectivity index is 1.31. The van der Waals surface area contributed by atoms with Crippen molar-refractivity contribution in [3.05, 3.63) is 12.7 Å². The minimum Gasteiger partial charge on any atom is -0.481 e. The molecule has 1 fully saturated rings. The van der Waals surface area contributed by atoms with Crippen molar-refractivity contribution < 1.29 is 90.4 Å². The second-order valence-electron chi connectivity index (χ2n) is 16.1. The summed E-state index contributed by atoms with van der Waals surface area (Å²) in [4.78, 5) is 98.7. The van der Waals surface area contributed by atoms with Crippen LogP contribution in [0.1, 0.15) is 110 Å². The number of imidazole rings is 1. The maximum Gasteiger partial charge on any atom is 0.481 e. The molecule has 7 atom stereocenters. The van der Waals surface area contributed by atoms with E-state index in [-0.39, 0.29) is 48.0 Å². The van der Waals surface area contributed by atoms with Crippen molar-refractivity contribution in [1.82, 2.24) is 30.2 Å². The molecule has 1 saturated heterocycles. The van der Waals surface area contributed by atoms with Gasteiger partial charge in [-0.2, -0.15) is 4.31 Å². The lowest BCUT2D eigenvalue weighted by Crippen LogP contribution is -2.46. The average molecular weight is 1020 g/mol. The predicted octanol–water partition coefficient (Wildman–Crippen LogP) is 2.82. The predicted molar refractivity (Wildman–Crippen MR) is 235 cm³/mol. The smallest absolute Gasteiger partial charge is 0.481 e. The number of hydrogen-bond acceptors (Lipinski definition) is 19. The molecule has 3 heterocycles. The molecule has 7 unspecified atom stereocenters. The van der Waals surface area contributed by atoms with E-state index in [1.807, 2.05) is 0 Å². The van der Waals surface area contributed by atoms with Gasteiger partial charge in [-0.25, -0.2) is 28.6 Å². The number of fused-ring (bicyclic) bond motifs is 1. The number of carbonyl (C=O) groups is 4. The van der Waals surface area contributed by atoms with Crippen LogP contribution in [0.25, 0.3) is 11.2 Å². The van der Waals surface area contributed by atoms with Gasteiger partial charge in [-0.05, 0) is 12.8 Å². The molecule has 0 bridgehead atoms. The van der Waals surface area contributed by atoms with E-state index in [0.717, 1.165) is 99.6 Å². The summed E-state index contributed by atoms with van der Waals surface area (Å²) in [7, 11) is -16.4. The van der Waals surface area contributed by atoms with E-state index in [1.165, 1.54) is 13.8 Å². The zero-order valence-electron chi connectivity index (χ0n) is 36.6. The molecule has 2 aromatic rings. The highest BCUT2D eigenvalue weighted by molar-refractivity contribution is 8.13. The normalized spacial score (nSPS) is 20.1. The Morgan fingerprint density at radius 2 is 1.45 bits per heavy atom. The first-order valence-corrected chi connectivity index (χ1v) is 26.7. The van der Waals surface area contributed by atoms with Gasteiger partial charge in [0.1, 0.15) is 36.3 Å². The third-order valence-electron chi connectivity index (χ3n) is 10.0. The fourth-order valence-corrected chi connectivity index (χ4v) is 10.1. The Kier molecular flexibility index (Phi) is 23.7. The van der Waals surface area contributed by atoms with Gasteiger partial charge in [-0.3, -0.25) is 37.3 Å². The third kappa shape index (κ3) is 20.7. The number of thioether (sulfide) groups is 1. The maximum atomic E-state index is 12.7. The van der Waals surface area contributed by atoms with Crippen molar-refractivity contribution in [1.29, 1.82) is 0 Å². The highest BCUT2D eigenvalue weighted by atomic mass is 32.2. The molecular formula is C36H62N7O19P3S. The number of aliphatic carboxylic acids is 1. The standard InChI is InChI=1S/C36H62N7O19P3S/c1-36(2,31(49)34(50)39-17-16-25(44)38-18-19-66-27(47)15-13-11-9-7-5-3-4-6-8-10-12-14-26(45)46)21-59-65(56,57)62-64(54,55)58-20-24-30(61-63(51,52)53)29(48)35(60-24)43-23-42-28-32(37)40-22-41-33(28)43/h22-24,29-31,35,48-49H,3-21H2,1-2H3,(H,38,44)(H,39,50)(H,45,46)(H,54,55)(H,56,57)(H2,37,40,41)(H2,51,52,53). The van der Waals surface area contributed by atoms with Crippen molar-refractivity contribution in [2.75, 3.05) is 37.8 Å². The Morgan fingerprint density at radius 1 is 0.864 bits per heavy atom. The number of carboxylic acid groups (broad SMARTS) is 1. The number of hydrogen-bond donors (Lipinski definition) is 10. The summed E-state index contributed by atoms with van der Waals surface area (Å²) >= 11 is 1.12. The summed E-state index contributed by atoms with van der Waals surface area (Å²) in [5.74, 6) is -1.84. The van der Waals surface area contributed by atoms with Gasteiger partial charge < -0.3 is 56.0 Å². The Hall–Kier alpha value is -2.97. The molecule has 0 spiro atoms. The van der Waals surface area contributed by atoms with Crippen LogP contribution in [0.4, 0.5) is 5.82 Å². The zero-order valence-corrected chi connectivity index (χ0v) is 40.1. The summed E-state index contributed by atoms with van der Waals surface area (Å²) in [6.07, 6.45) is 4.95. The summed E-state index contributed by atoms with van der Waals surface area (Å²) in [5.41, 5.74) is 4.26. The van der Waals surface area contributed by atoms with Gasteiger partial charge in [0, 0.05) is 43.5 Å². The first-order valence-electron chi connectivity index (χ1n) is 21.2. The quantitative estimate of drug-likeness (QED) is 0.0363. The van der Waals surface area contributed by atoms with Crippen LogP contribution in [-0.4, -0.2) is 134 Å². The minimum atomic E-state index is -5.58. The van der Waals surface area contributed by atoms with E-state index < -0.39 is 90.5 Å². The van der Waals surface area contributed by atoms with E-state index in [9.17, 15) is 62.7 Å². The summed E-state index contributed by atoms with van der Waals surface area (Å²) in [6, 6.07) is 0. The Labute approximate surface area is 384 Å². The van der Waals surface area contributed by atoms with Crippen LogP contribution >= 0.6 is 35.2 Å². The molecule has 2 aromatic heterocycles. The number of nitrogen functional groups attached to an aromatic ring is 1. The van der Waals surface area contributed by atoms with Crippen LogP contribution < -0.4 is 16.4 Å². The van der Waals surface area contributed by atoms with Crippen molar-refractivity contribution in [3.8, 4) is 0 Å². The van der Waals surface area contributed by atoms with Crippen LogP contribution in [0, 0.1) is 5.41 Å². The van der Waals surface area contributed by atoms with Crippen molar-refractivity contribution in [3.63, 3.8) is 0 Å². The van der Waals surface area contributed by atoms with Gasteiger partial charge in [0.15, 0.2) is 22.8 Å². The number of nitrogens with two attached hydrogens (primary N) is 1. The molecule has 376 valence electrons. The zero-order chi connectivity index (χ0) is 49.1. The second-order valence-corrected chi connectivity index (χ2v) is 21.5. The number of anilines is 1. The van der Waals surface area contributed by atoms with E-state index in [2.05, 4.69) is 34.4 Å². The van der Waals surface area contributed by atoms with Gasteiger partial charge in [0.25, 0.3) is 0 Å². The van der Waals surface area contributed by atoms with Gasteiger partial charge in [-0.15, -0.1) is 0 Å². The SMILES string of the molecule is CC(C)(COP(=O)(O)OP(=O)(O)OCC1OC(n2cnc3c(N)ncnc32)C(O)C1OP(=O)(O)O)C(O)C(=O)NCCC(=O)NCCSC(=O)CCCCCCCCCCCCCC(=O)O. The number of nitrogens with one attached hydrogen (secondary N) is 2. The van der Waals surface area contributed by atoms with Crippen molar-refractivity contribution >= 4 is 75.1 Å². The number of aliphatic hydroxyl groups is 2. The average Bonchev–Trinajstić information content (AvgIpc) is 3.79. The number of aliphatic hydroxyl groups excluding tert-OH is 2. The van der Waals surface area contributed by atoms with Crippen LogP contribution in [0.3, 0.4) is 0 Å². The highest BCUT2D eigenvalue weighted by Gasteiger charge is 2.50. The van der Waals surface area contributed by atoms with Crippen molar-refractivity contribution in [2.45, 2.75) is 134 Å². The van der Waals surface area contributed by atoms with Crippen molar-refractivity contribution in [2.24, 2.45) is 5.41 Å². The topological polar surface area (TPSA) is 401 Å². The number of phosphoric ester groups is 3. The van der Waals surface area contributed by atoms with E-state index >= 15 is 0 Å². The number of nitrogens with zero attached hydrogens (tertiary/aromatic N) is 4. The molecule has 2 amide bonds. The number of amides is 2. The van der Waals surface area contributed by atoms with E-state index in [0.29, 0.717) is 12.2 Å². The van der Waals surface area contributed by atoms with Gasteiger partial charge in [0.2, 0.25) is 11.8 Å². The minimum absolute atomic E-state index is 0.0275. The van der Waals surface area contributed by atoms with E-state index in [4.69, 9.17) is 24.6 Å². The summed E-state index contributed by atoms with van der Waals surface area (Å²) in [5, 5.41) is 35.2. The van der Waals surface area contributed by atoms with E-state index in [1.54, 1.807) is 0 Å². The number of aromatic nitrogens is 4. The lowest BCUT2D eigenvalue weighted by molar-refractivity contribution is -0.137. The van der Waals surface area contributed by atoms with Crippen LogP contribution in [-0.2, 0) is 55.5 Å². The molecule has 66 heavy (non-hydrogen) atoms. The molecule has 0 radical (unpaired) electrons. The molecule has 1 aliphatic heterocycles. The van der Waals surface area contributed by atoms with Crippen LogP contribution in [0.5, 0.6) is 0 Å². The number of rotatable bonds is 33. The van der Waals surface area contributed by atoms with Crippen LogP contribution in [0.2, 0.25) is 0 Å². The number of carboxylic acids is 1. The lowest BCUT2D eigenvalue weighted by atomic mass is 9.87. The molecule has 1 aliphatic rings. The van der Waals surface area contributed by atoms with Crippen LogP contribution in [0.15, 0.2) is 12.7 Å². The second kappa shape index (κ2) is 27.3. The third-order valence-corrected chi connectivity index (χ3v) is 14.1. The molecular weight excluding hydrogens is 959 g/mol. The summed E-state index contributed by atoms with van der Waals surface area (Å²) in [6.45, 7) is 0.493. The fraction of sp³-hybridized carbons (Fsp3) is 0.750. The number of phosphoric acid groups is 3. The molecule has 0 aliphatic carbocycles. The lowest BCUT2D eigenvalue weighted by Gasteiger charge is -2.30. The first-order chi connectivity index (χ1) is 30.9. The first kappa shape index (κ1) is 57.3. The van der Waals surface area contributed by atoms with Gasteiger partial charge >= 0.3 is 29.4 Å². The molecule has 0 saturated carbocycles. The van der Waals surface area contributed by atoms with Gasteiger partial charge in [0.05, 0.1) is 19.5 Å². The number of ether oxygens (including phenoxy) is 1. The summed E-state index contributed by atoms with van der Waals surface area (Å²) < 4.78 is 62.3. The fourth-order valence-electron chi connectivity index (χ4n) is 6.50. The van der Waals surface area contributed by atoms with Gasteiger partial charge in [-0.1, -0.05) is 83.4 Å². The molecule has 3 rings (SSSR count). The monoisotopic (exact) mass is 1020 g/mol. The molecule has 0 aromatic carbocycles. The number of carbonyl (C=O) groups excluding carboxylic acids is 3. The molecule has 30 heteroatoms. The highest BCUT2D eigenvalue weighted by Crippen LogP contribution is 2.61. The number of unbranched alkanes of at least 4 members (excludes halogenated alkanes) is 10. The maximum absolute atomic E-state index is 12.7. The Bertz CT molecular complexity index is 2040. The molecule has 11 N–H and O–H groups in total.